The van der Waals surface area contributed by atoms with E-state index in [0.717, 1.165) is 34.2 Å². The van der Waals surface area contributed by atoms with Gasteiger partial charge in [-0.15, -0.1) is 11.8 Å². The number of hydrogen-bond acceptors (Lipinski definition) is 4. The number of fused-ring (bicyclic) bond motifs is 1. The maximum absolute atomic E-state index is 14.8. The predicted octanol–water partition coefficient (Wildman–Crippen LogP) is 4.91. The fourth-order valence-corrected chi connectivity index (χ4v) is 7.70. The van der Waals surface area contributed by atoms with Crippen molar-refractivity contribution >= 4 is 52.1 Å². The number of carbonyl (C=O) groups excluding carboxylic acids is 3. The van der Waals surface area contributed by atoms with Gasteiger partial charge in [-0.1, -0.05) is 35.9 Å². The summed E-state index contributed by atoms with van der Waals surface area (Å²) in [6, 6.07) is 15.1. The van der Waals surface area contributed by atoms with Crippen LogP contribution in [-0.4, -0.2) is 81.5 Å². The van der Waals surface area contributed by atoms with Gasteiger partial charge in [0, 0.05) is 71.8 Å². The van der Waals surface area contributed by atoms with E-state index in [4.69, 9.17) is 11.6 Å². The summed E-state index contributed by atoms with van der Waals surface area (Å²) < 4.78 is -1.06. The van der Waals surface area contributed by atoms with E-state index in [-0.39, 0.29) is 24.3 Å². The van der Waals surface area contributed by atoms with Gasteiger partial charge in [-0.3, -0.25) is 9.59 Å². The summed E-state index contributed by atoms with van der Waals surface area (Å²) in [5, 5.41) is 4.45. The molecule has 3 aliphatic rings. The molecule has 0 spiro atoms. The molecule has 3 heterocycles. The molecule has 8 nitrogen and oxygen atoms in total. The molecular weight excluding hydrogens is 546 g/mol. The number of aromatic nitrogens is 1. The quantitative estimate of drug-likeness (QED) is 0.416. The average Bonchev–Trinajstić information content (AvgIpc) is 3.63. The van der Waals surface area contributed by atoms with Crippen LogP contribution in [-0.2, 0) is 9.59 Å². The van der Waals surface area contributed by atoms with Crippen LogP contribution in [0.5, 0.6) is 0 Å². The molecule has 3 fully saturated rings. The van der Waals surface area contributed by atoms with Gasteiger partial charge in [-0.25, -0.2) is 4.79 Å². The first-order valence-electron chi connectivity index (χ1n) is 14.0. The third kappa shape index (κ3) is 5.05. The summed E-state index contributed by atoms with van der Waals surface area (Å²) in [5.41, 5.74) is 1.82. The SMILES string of the molecule is CCNC(=O)N1CCN(C(=O)C2(Sc3ccccc3)CC(=O)N(CC3CC3)C2c2c[nH]c3cc(Cl)ccc23)CC1. The largest absolute Gasteiger partial charge is 0.361 e. The van der Waals surface area contributed by atoms with E-state index in [0.29, 0.717) is 50.2 Å². The number of carbonyl (C=O) groups is 3. The molecule has 3 aromatic rings. The molecule has 2 saturated heterocycles. The van der Waals surface area contributed by atoms with Crippen LogP contribution < -0.4 is 5.32 Å². The Morgan fingerprint density at radius 3 is 2.50 bits per heavy atom. The normalized spacial score (nSPS) is 23.2. The van der Waals surface area contributed by atoms with Gasteiger partial charge in [0.1, 0.15) is 4.75 Å². The molecule has 1 aliphatic carbocycles. The van der Waals surface area contributed by atoms with E-state index >= 15 is 0 Å². The van der Waals surface area contributed by atoms with Gasteiger partial charge in [0.2, 0.25) is 11.8 Å². The lowest BCUT2D eigenvalue weighted by Gasteiger charge is -2.42. The first kappa shape index (κ1) is 27.0. The number of thioether (sulfide) groups is 1. The minimum atomic E-state index is -1.06. The van der Waals surface area contributed by atoms with Crippen molar-refractivity contribution in [1.29, 1.82) is 0 Å². The number of benzene rings is 2. The zero-order chi connectivity index (χ0) is 27.9. The van der Waals surface area contributed by atoms with Gasteiger partial charge < -0.3 is 25.0 Å². The number of likely N-dealkylation sites (tertiary alicyclic amines) is 1. The molecule has 2 unspecified atom stereocenters. The van der Waals surface area contributed by atoms with Crippen molar-refractivity contribution in [1.82, 2.24) is 25.0 Å². The summed E-state index contributed by atoms with van der Waals surface area (Å²) in [6.07, 6.45) is 4.29. The van der Waals surface area contributed by atoms with Crippen molar-refractivity contribution in [2.45, 2.75) is 41.9 Å². The monoisotopic (exact) mass is 579 g/mol. The van der Waals surface area contributed by atoms with E-state index in [1.165, 1.54) is 11.8 Å². The highest BCUT2D eigenvalue weighted by atomic mass is 35.5. The Kier molecular flexibility index (Phi) is 7.44. The number of H-pyrrole nitrogens is 1. The molecule has 210 valence electrons. The van der Waals surface area contributed by atoms with Crippen molar-refractivity contribution in [2.24, 2.45) is 5.92 Å². The molecule has 2 atom stereocenters. The van der Waals surface area contributed by atoms with Crippen LogP contribution in [0.4, 0.5) is 4.79 Å². The van der Waals surface area contributed by atoms with Crippen LogP contribution in [0.25, 0.3) is 10.9 Å². The number of rotatable bonds is 7. The van der Waals surface area contributed by atoms with Crippen molar-refractivity contribution < 1.29 is 14.4 Å². The molecule has 40 heavy (non-hydrogen) atoms. The summed E-state index contributed by atoms with van der Waals surface area (Å²) in [5.74, 6) is 0.439. The van der Waals surface area contributed by atoms with Crippen LogP contribution >= 0.6 is 23.4 Å². The van der Waals surface area contributed by atoms with Crippen LogP contribution in [0.1, 0.15) is 37.8 Å². The number of nitrogens with zero attached hydrogens (tertiary/aromatic N) is 3. The maximum Gasteiger partial charge on any atom is 0.317 e. The zero-order valence-corrected chi connectivity index (χ0v) is 24.1. The minimum Gasteiger partial charge on any atom is -0.361 e. The highest BCUT2D eigenvalue weighted by Crippen LogP contribution is 2.55. The number of amides is 4. The highest BCUT2D eigenvalue weighted by Gasteiger charge is 2.60. The second kappa shape index (κ2) is 11.0. The topological polar surface area (TPSA) is 88.8 Å². The van der Waals surface area contributed by atoms with Crippen LogP contribution in [0.3, 0.4) is 0 Å². The van der Waals surface area contributed by atoms with E-state index in [9.17, 15) is 14.4 Å². The molecule has 2 aliphatic heterocycles. The number of nitrogens with one attached hydrogen (secondary N) is 2. The van der Waals surface area contributed by atoms with Crippen molar-refractivity contribution in [3.8, 4) is 0 Å². The molecule has 0 radical (unpaired) electrons. The lowest BCUT2D eigenvalue weighted by atomic mass is 9.90. The zero-order valence-electron chi connectivity index (χ0n) is 22.6. The summed E-state index contributed by atoms with van der Waals surface area (Å²) in [6.45, 7) is 4.88. The Labute approximate surface area is 243 Å². The average molecular weight is 580 g/mol. The lowest BCUT2D eigenvalue weighted by Crippen LogP contribution is -2.58. The van der Waals surface area contributed by atoms with E-state index in [1.807, 2.05) is 71.5 Å². The first-order valence-corrected chi connectivity index (χ1v) is 15.2. The first-order chi connectivity index (χ1) is 19.4. The maximum atomic E-state index is 14.8. The van der Waals surface area contributed by atoms with E-state index in [2.05, 4.69) is 10.3 Å². The molecule has 10 heteroatoms. The van der Waals surface area contributed by atoms with E-state index in [1.54, 1.807) is 4.90 Å². The second-order valence-electron chi connectivity index (χ2n) is 10.9. The van der Waals surface area contributed by atoms with Crippen molar-refractivity contribution in [3.05, 3.63) is 65.3 Å². The Morgan fingerprint density at radius 1 is 1.07 bits per heavy atom. The predicted molar refractivity (Wildman–Crippen MR) is 157 cm³/mol. The van der Waals surface area contributed by atoms with Gasteiger partial charge in [0.15, 0.2) is 0 Å². The number of aromatic amines is 1. The smallest absolute Gasteiger partial charge is 0.317 e. The number of piperazine rings is 1. The third-order valence-corrected chi connectivity index (χ3v) is 9.85. The lowest BCUT2D eigenvalue weighted by molar-refractivity contribution is -0.136. The second-order valence-corrected chi connectivity index (χ2v) is 12.8. The third-order valence-electron chi connectivity index (χ3n) is 8.20. The van der Waals surface area contributed by atoms with Gasteiger partial charge in [-0.05, 0) is 49.9 Å². The molecule has 1 saturated carbocycles. The standard InChI is InChI=1S/C30H34ClN5O3S/c1-2-32-29(39)35-14-12-34(13-15-35)28(38)30(40-22-6-4-3-5-7-22)17-26(37)36(19-20-8-9-20)27(30)24-18-33-25-16-21(31)10-11-23(24)25/h3-7,10-11,16,18,20,27,33H,2,8-9,12-15,17,19H2,1H3,(H,32,39). The number of urea groups is 1. The molecule has 0 bridgehead atoms. The Morgan fingerprint density at radius 2 is 1.80 bits per heavy atom. The fourth-order valence-electron chi connectivity index (χ4n) is 6.04. The molecular formula is C30H34ClN5O3S. The molecule has 2 aromatic carbocycles. The van der Waals surface area contributed by atoms with Gasteiger partial charge in [0.25, 0.3) is 0 Å². The van der Waals surface area contributed by atoms with Gasteiger partial charge >= 0.3 is 6.03 Å². The molecule has 1 aromatic heterocycles. The molecule has 4 amide bonds. The number of hydrogen-bond donors (Lipinski definition) is 2. The van der Waals surface area contributed by atoms with Gasteiger partial charge in [-0.2, -0.15) is 0 Å². The van der Waals surface area contributed by atoms with Gasteiger partial charge in [0.05, 0.1) is 12.5 Å². The van der Waals surface area contributed by atoms with E-state index < -0.39 is 10.8 Å². The van der Waals surface area contributed by atoms with Crippen LogP contribution in [0.2, 0.25) is 5.02 Å². The van der Waals surface area contributed by atoms with Crippen LogP contribution in [0, 0.1) is 5.92 Å². The molecule has 2 N–H and O–H groups in total. The summed E-state index contributed by atoms with van der Waals surface area (Å²) in [7, 11) is 0. The summed E-state index contributed by atoms with van der Waals surface area (Å²) in [4.78, 5) is 51.0. The van der Waals surface area contributed by atoms with Crippen LogP contribution in [0.15, 0.2) is 59.6 Å². The van der Waals surface area contributed by atoms with Crippen molar-refractivity contribution in [3.63, 3.8) is 0 Å². The Bertz CT molecular complexity index is 1420. The highest BCUT2D eigenvalue weighted by molar-refractivity contribution is 8.01. The fraction of sp³-hybridized carbons (Fsp3) is 0.433. The Hall–Kier alpha value is -3.17. The minimum absolute atomic E-state index is 0.0120. The summed E-state index contributed by atoms with van der Waals surface area (Å²) >= 11 is 7.81. The number of halogens is 1. The molecule has 6 rings (SSSR count). The van der Waals surface area contributed by atoms with Crippen molar-refractivity contribution in [2.75, 3.05) is 39.3 Å². The Balaban J connectivity index is 1.42.